The Balaban J connectivity index is 1.66. The molecular formula is C24H29N3O4S. The first kappa shape index (κ1) is 23.7. The number of nitrogens with zero attached hydrogens (tertiary/aromatic N) is 1. The van der Waals surface area contributed by atoms with Crippen molar-refractivity contribution in [3.8, 4) is 0 Å². The van der Waals surface area contributed by atoms with Crippen molar-refractivity contribution in [2.45, 2.75) is 31.3 Å². The summed E-state index contributed by atoms with van der Waals surface area (Å²) in [5, 5.41) is 5.73. The number of sulfonamides is 1. The molecule has 1 aliphatic heterocycles. The number of piperidine rings is 1. The van der Waals surface area contributed by atoms with Gasteiger partial charge in [-0.05, 0) is 47.7 Å². The van der Waals surface area contributed by atoms with E-state index in [0.717, 1.165) is 5.56 Å². The van der Waals surface area contributed by atoms with Crippen LogP contribution in [0.3, 0.4) is 0 Å². The highest BCUT2D eigenvalue weighted by atomic mass is 32.2. The lowest BCUT2D eigenvalue weighted by Crippen LogP contribution is -2.55. The lowest BCUT2D eigenvalue weighted by molar-refractivity contribution is -0.118. The van der Waals surface area contributed by atoms with Gasteiger partial charge in [0.25, 0.3) is 5.91 Å². The van der Waals surface area contributed by atoms with E-state index in [-0.39, 0.29) is 34.6 Å². The number of carbonyl (C=O) groups is 2. The van der Waals surface area contributed by atoms with Crippen LogP contribution in [0.5, 0.6) is 0 Å². The number of hydrogen-bond acceptors (Lipinski definition) is 4. The first-order valence-corrected chi connectivity index (χ1v) is 12.0. The van der Waals surface area contributed by atoms with Crippen LogP contribution in [0.4, 0.5) is 0 Å². The third kappa shape index (κ3) is 5.44. The van der Waals surface area contributed by atoms with E-state index >= 15 is 0 Å². The molecule has 0 saturated carbocycles. The minimum atomic E-state index is -3.71. The Morgan fingerprint density at radius 3 is 2.19 bits per heavy atom. The molecule has 1 fully saturated rings. The van der Waals surface area contributed by atoms with Gasteiger partial charge in [-0.15, -0.1) is 0 Å². The largest absolute Gasteiger partial charge is 0.349 e. The maximum absolute atomic E-state index is 13.2. The summed E-state index contributed by atoms with van der Waals surface area (Å²) < 4.78 is 27.8. The van der Waals surface area contributed by atoms with Gasteiger partial charge < -0.3 is 10.6 Å². The predicted molar refractivity (Wildman–Crippen MR) is 123 cm³/mol. The van der Waals surface area contributed by atoms with E-state index in [1.165, 1.54) is 34.6 Å². The zero-order valence-corrected chi connectivity index (χ0v) is 19.1. The Hall–Kier alpha value is -2.97. The topological polar surface area (TPSA) is 95.6 Å². The van der Waals surface area contributed by atoms with Crippen molar-refractivity contribution in [3.05, 3.63) is 78.4 Å². The van der Waals surface area contributed by atoms with E-state index in [4.69, 9.17) is 0 Å². The average molecular weight is 456 g/mol. The SMILES string of the molecule is C=CC(=O)NC1C(C)CN(S(=O)(=O)c2ccc(C(=O)NCc3ccccc3)cc2)CC1C. The highest BCUT2D eigenvalue weighted by molar-refractivity contribution is 7.89. The van der Waals surface area contributed by atoms with Crippen molar-refractivity contribution in [2.24, 2.45) is 11.8 Å². The van der Waals surface area contributed by atoms with Crippen LogP contribution in [0.2, 0.25) is 0 Å². The van der Waals surface area contributed by atoms with Gasteiger partial charge >= 0.3 is 0 Å². The van der Waals surface area contributed by atoms with E-state index in [1.807, 2.05) is 44.2 Å². The van der Waals surface area contributed by atoms with Crippen LogP contribution < -0.4 is 10.6 Å². The molecule has 2 unspecified atom stereocenters. The van der Waals surface area contributed by atoms with Gasteiger partial charge in [0.1, 0.15) is 0 Å². The van der Waals surface area contributed by atoms with Crippen molar-refractivity contribution in [1.29, 1.82) is 0 Å². The molecule has 1 saturated heterocycles. The summed E-state index contributed by atoms with van der Waals surface area (Å²) in [5.74, 6) is -0.633. The molecule has 2 N–H and O–H groups in total. The summed E-state index contributed by atoms with van der Waals surface area (Å²) in [5.41, 5.74) is 1.38. The molecule has 2 aromatic rings. The number of benzene rings is 2. The van der Waals surface area contributed by atoms with Crippen molar-refractivity contribution in [2.75, 3.05) is 13.1 Å². The van der Waals surface area contributed by atoms with Crippen LogP contribution in [0, 0.1) is 11.8 Å². The van der Waals surface area contributed by atoms with Crippen LogP contribution in [0.1, 0.15) is 29.8 Å². The summed E-state index contributed by atoms with van der Waals surface area (Å²) >= 11 is 0. The molecule has 7 nitrogen and oxygen atoms in total. The first-order chi connectivity index (χ1) is 15.2. The van der Waals surface area contributed by atoms with Crippen molar-refractivity contribution in [3.63, 3.8) is 0 Å². The Morgan fingerprint density at radius 1 is 1.03 bits per heavy atom. The maximum atomic E-state index is 13.2. The molecule has 3 rings (SSSR count). The fourth-order valence-corrected chi connectivity index (χ4v) is 5.66. The molecule has 0 spiro atoms. The predicted octanol–water partition coefficient (Wildman–Crippen LogP) is 2.56. The van der Waals surface area contributed by atoms with Gasteiger partial charge in [-0.2, -0.15) is 4.31 Å². The van der Waals surface area contributed by atoms with Crippen LogP contribution >= 0.6 is 0 Å². The summed E-state index contributed by atoms with van der Waals surface area (Å²) in [6.07, 6.45) is 1.22. The Kier molecular flexibility index (Phi) is 7.48. The number of hydrogen-bond donors (Lipinski definition) is 2. The number of nitrogens with one attached hydrogen (secondary N) is 2. The average Bonchev–Trinajstić information content (AvgIpc) is 2.80. The second kappa shape index (κ2) is 10.1. The highest BCUT2D eigenvalue weighted by Crippen LogP contribution is 2.27. The summed E-state index contributed by atoms with van der Waals surface area (Å²) in [6, 6.07) is 15.4. The van der Waals surface area contributed by atoms with E-state index in [1.54, 1.807) is 0 Å². The van der Waals surface area contributed by atoms with Gasteiger partial charge in [-0.25, -0.2) is 8.42 Å². The normalized spacial score (nSPS) is 21.5. The van der Waals surface area contributed by atoms with Crippen LogP contribution in [-0.4, -0.2) is 43.7 Å². The number of amides is 2. The van der Waals surface area contributed by atoms with Gasteiger partial charge in [-0.1, -0.05) is 50.8 Å². The third-order valence-corrected chi connectivity index (χ3v) is 7.60. The molecule has 0 aliphatic carbocycles. The Labute approximate surface area is 189 Å². The smallest absolute Gasteiger partial charge is 0.251 e. The van der Waals surface area contributed by atoms with Gasteiger partial charge in [-0.3, -0.25) is 9.59 Å². The van der Waals surface area contributed by atoms with E-state index in [9.17, 15) is 18.0 Å². The van der Waals surface area contributed by atoms with Gasteiger partial charge in [0, 0.05) is 31.2 Å². The zero-order chi connectivity index (χ0) is 23.3. The Bertz CT molecular complexity index is 1060. The molecular weight excluding hydrogens is 426 g/mol. The standard InChI is InChI=1S/C24H29N3O4S/c1-4-22(28)26-23-17(2)15-27(16-18(23)3)32(30,31)21-12-10-20(11-13-21)24(29)25-14-19-8-6-5-7-9-19/h4-13,17-18,23H,1,14-16H2,2-3H3,(H,25,29)(H,26,28). The second-order valence-electron chi connectivity index (χ2n) is 8.21. The lowest BCUT2D eigenvalue weighted by Gasteiger charge is -2.40. The fourth-order valence-electron chi connectivity index (χ4n) is 4.02. The molecule has 0 aromatic heterocycles. The zero-order valence-electron chi connectivity index (χ0n) is 18.3. The molecule has 2 aromatic carbocycles. The molecule has 2 amide bonds. The molecule has 32 heavy (non-hydrogen) atoms. The summed E-state index contributed by atoms with van der Waals surface area (Å²) in [7, 11) is -3.71. The van der Waals surface area contributed by atoms with Crippen molar-refractivity contribution in [1.82, 2.24) is 14.9 Å². The van der Waals surface area contributed by atoms with Gasteiger partial charge in [0.15, 0.2) is 0 Å². The quantitative estimate of drug-likeness (QED) is 0.628. The summed E-state index contributed by atoms with van der Waals surface area (Å²) in [6.45, 7) is 8.31. The molecule has 1 aliphatic rings. The van der Waals surface area contributed by atoms with Gasteiger partial charge in [0.05, 0.1) is 4.90 Å². The fraction of sp³-hybridized carbons (Fsp3) is 0.333. The molecule has 0 bridgehead atoms. The first-order valence-electron chi connectivity index (χ1n) is 10.6. The number of rotatable bonds is 7. The molecule has 1 heterocycles. The minimum absolute atomic E-state index is 0.0551. The second-order valence-corrected chi connectivity index (χ2v) is 10.1. The van der Waals surface area contributed by atoms with E-state index in [0.29, 0.717) is 25.2 Å². The highest BCUT2D eigenvalue weighted by Gasteiger charge is 2.38. The maximum Gasteiger partial charge on any atom is 0.251 e. The van der Waals surface area contributed by atoms with Crippen molar-refractivity contribution >= 4 is 21.8 Å². The van der Waals surface area contributed by atoms with Crippen LogP contribution in [-0.2, 0) is 21.4 Å². The molecule has 0 radical (unpaired) electrons. The minimum Gasteiger partial charge on any atom is -0.349 e. The molecule has 2 atom stereocenters. The van der Waals surface area contributed by atoms with Crippen LogP contribution in [0.25, 0.3) is 0 Å². The van der Waals surface area contributed by atoms with Crippen molar-refractivity contribution < 1.29 is 18.0 Å². The van der Waals surface area contributed by atoms with Crippen LogP contribution in [0.15, 0.2) is 72.1 Å². The van der Waals surface area contributed by atoms with Gasteiger partial charge in [0.2, 0.25) is 15.9 Å². The molecule has 170 valence electrons. The lowest BCUT2D eigenvalue weighted by atomic mass is 9.87. The monoisotopic (exact) mass is 455 g/mol. The van der Waals surface area contributed by atoms with E-state index < -0.39 is 10.0 Å². The van der Waals surface area contributed by atoms with E-state index in [2.05, 4.69) is 17.2 Å². The third-order valence-electron chi connectivity index (χ3n) is 5.75. The summed E-state index contributed by atoms with van der Waals surface area (Å²) in [4.78, 5) is 24.2. The Morgan fingerprint density at radius 2 is 1.62 bits per heavy atom. The number of carbonyl (C=O) groups excluding carboxylic acids is 2. The molecule has 8 heteroatoms.